The van der Waals surface area contributed by atoms with Gasteiger partial charge in [0.15, 0.2) is 12.6 Å². The van der Waals surface area contributed by atoms with E-state index in [0.29, 0.717) is 37.3 Å². The molecule has 5 fully saturated rings. The Morgan fingerprint density at radius 1 is 1.05 bits per heavy atom. The predicted octanol–water partition coefficient (Wildman–Crippen LogP) is 5.62. The molecule has 0 spiro atoms. The highest BCUT2D eigenvalue weighted by Crippen LogP contribution is 2.43. The number of piperidine rings is 1. The summed E-state index contributed by atoms with van der Waals surface area (Å²) in [6, 6.07) is 5.06. The number of anilines is 1. The fourth-order valence-corrected chi connectivity index (χ4v) is 8.90. The molecular weight excluding hydrogens is 777 g/mol. The summed E-state index contributed by atoms with van der Waals surface area (Å²) < 4.78 is 59.9. The van der Waals surface area contributed by atoms with Gasteiger partial charge < -0.3 is 33.6 Å². The number of rotatable bonds is 12. The van der Waals surface area contributed by atoms with Crippen LogP contribution in [0.3, 0.4) is 0 Å². The van der Waals surface area contributed by atoms with Gasteiger partial charge in [0.1, 0.15) is 35.2 Å². The van der Waals surface area contributed by atoms with Crippen LogP contribution in [0.5, 0.6) is 11.8 Å². The molecule has 3 atom stereocenters. The minimum atomic E-state index is -2.71. The molecule has 58 heavy (non-hydrogen) atoms. The molecule has 2 aromatic heterocycles. The molecule has 7 heterocycles. The Balaban J connectivity index is 1.16. The second kappa shape index (κ2) is 16.0. The number of carbonyl (C=O) groups is 2. The highest BCUT2D eigenvalue weighted by molar-refractivity contribution is 7.39. The summed E-state index contributed by atoms with van der Waals surface area (Å²) in [7, 11) is -2.71. The lowest BCUT2D eigenvalue weighted by molar-refractivity contribution is -0.171. The van der Waals surface area contributed by atoms with Crippen LogP contribution in [-0.2, 0) is 18.8 Å². The van der Waals surface area contributed by atoms with Crippen LogP contribution in [0.2, 0.25) is 0 Å². The van der Waals surface area contributed by atoms with Crippen LogP contribution in [0.4, 0.5) is 19.4 Å². The second-order valence-electron chi connectivity index (χ2n) is 15.4. The van der Waals surface area contributed by atoms with Crippen molar-refractivity contribution in [3.05, 3.63) is 47.7 Å². The van der Waals surface area contributed by atoms with Crippen molar-refractivity contribution in [1.82, 2.24) is 24.8 Å². The molecule has 2 bridgehead atoms. The van der Waals surface area contributed by atoms with Crippen molar-refractivity contribution in [2.24, 2.45) is 5.92 Å². The molecule has 15 nitrogen and oxygen atoms in total. The molecule has 2 aromatic carbocycles. The number of esters is 1. The number of piperazine rings is 1. The smallest absolute Gasteiger partial charge is 0.413 e. The van der Waals surface area contributed by atoms with Crippen LogP contribution in [0.15, 0.2) is 30.5 Å². The molecule has 3 unspecified atom stereocenters. The van der Waals surface area contributed by atoms with Gasteiger partial charge in [-0.1, -0.05) is 25.8 Å². The van der Waals surface area contributed by atoms with E-state index >= 15 is 8.78 Å². The maximum Gasteiger partial charge on any atom is 0.413 e. The summed E-state index contributed by atoms with van der Waals surface area (Å²) >= 11 is 0. The minimum absolute atomic E-state index is 0.0260. The summed E-state index contributed by atoms with van der Waals surface area (Å²) in [5.74, 6) is 0.489. The van der Waals surface area contributed by atoms with E-state index in [-0.39, 0.29) is 68.4 Å². The summed E-state index contributed by atoms with van der Waals surface area (Å²) in [6.45, 7) is 7.29. The van der Waals surface area contributed by atoms with Crippen LogP contribution in [-0.4, -0.2) is 110 Å². The first kappa shape index (κ1) is 39.8. The van der Waals surface area contributed by atoms with Crippen LogP contribution in [0, 0.1) is 29.9 Å². The van der Waals surface area contributed by atoms with E-state index in [0.717, 1.165) is 38.8 Å². The number of hydrogen-bond acceptors (Lipinski definition) is 14. The number of hydrogen-bond donors (Lipinski definition) is 2. The summed E-state index contributed by atoms with van der Waals surface area (Å²) in [5, 5.41) is 0.898. The van der Waals surface area contributed by atoms with Crippen molar-refractivity contribution in [3.63, 3.8) is 0 Å². The lowest BCUT2D eigenvalue weighted by Gasteiger charge is -2.55. The van der Waals surface area contributed by atoms with Gasteiger partial charge in [-0.15, -0.1) is 6.42 Å². The van der Waals surface area contributed by atoms with Crippen molar-refractivity contribution in [1.29, 1.82) is 0 Å². The van der Waals surface area contributed by atoms with Gasteiger partial charge >= 0.3 is 26.7 Å². The Morgan fingerprint density at radius 3 is 2.48 bits per heavy atom. The molecule has 0 aliphatic carbocycles. The summed E-state index contributed by atoms with van der Waals surface area (Å²) in [4.78, 5) is 63.7. The zero-order valence-electron chi connectivity index (χ0n) is 32.2. The fourth-order valence-electron chi connectivity index (χ4n) is 8.75. The van der Waals surface area contributed by atoms with Gasteiger partial charge in [-0.3, -0.25) is 24.1 Å². The first-order valence-electron chi connectivity index (χ1n) is 19.2. The van der Waals surface area contributed by atoms with Crippen molar-refractivity contribution in [2.45, 2.75) is 76.8 Å². The molecule has 5 aliphatic heterocycles. The highest BCUT2D eigenvalue weighted by Gasteiger charge is 2.50. The number of aromatic nitrogens is 3. The molecule has 1 amide bonds. The molecule has 9 rings (SSSR count). The van der Waals surface area contributed by atoms with Gasteiger partial charge in [0.05, 0.1) is 34.5 Å². The summed E-state index contributed by atoms with van der Waals surface area (Å²) in [5.41, 5.74) is -0.460. The topological polar surface area (TPSA) is 169 Å². The Hall–Kier alpha value is -4.98. The van der Waals surface area contributed by atoms with E-state index in [2.05, 4.69) is 20.8 Å². The molecular formula is C40H43F2N6O9P. The number of carbonyl (C=O) groups excluding carboxylic acids is 2. The van der Waals surface area contributed by atoms with Gasteiger partial charge in [0.2, 0.25) is 6.29 Å². The number of pyridine rings is 1. The van der Waals surface area contributed by atoms with E-state index in [1.807, 2.05) is 4.90 Å². The third-order valence-corrected chi connectivity index (χ3v) is 11.8. The van der Waals surface area contributed by atoms with Crippen molar-refractivity contribution >= 4 is 48.2 Å². The van der Waals surface area contributed by atoms with Crippen LogP contribution < -0.4 is 14.4 Å². The van der Waals surface area contributed by atoms with Crippen LogP contribution >= 0.6 is 8.60 Å². The van der Waals surface area contributed by atoms with E-state index in [1.165, 1.54) is 31.3 Å². The van der Waals surface area contributed by atoms with Crippen molar-refractivity contribution < 1.29 is 51.6 Å². The standard InChI is InChI=1S/C40H43F2N6O9P/c1-5-28-31(41)9-8-24-14-27(54-21-55-58(51)52)16-29(32(24)28)34-33(42)35-30(17-43-34)36(45-38(44-35)53-20-40-10-6-12-47(40)13-7-11-40)46-18-25-15-26(19-46)48(25)39(50)57-23(4)56-37(49)22(2)3/h1,8-9,14,16-17,22-23,25-26,51-52H,6-7,10-13,15,18-21H2,2-4H3. The van der Waals surface area contributed by atoms with E-state index in [9.17, 15) is 19.4 Å². The van der Waals surface area contributed by atoms with E-state index in [4.69, 9.17) is 34.9 Å². The Kier molecular flexibility index (Phi) is 11.0. The molecule has 2 N–H and O–H groups in total. The van der Waals surface area contributed by atoms with E-state index < -0.39 is 45.4 Å². The molecule has 0 saturated carbocycles. The SMILES string of the molecule is C#Cc1c(F)ccc2cc(OCOP(O)O)cc(-c3ncc4c(N5CC6CC(C5)N6C(=O)OC(C)OC(=O)C(C)C)nc(OCC56CCCN5CCC6)nc4c3F)c12. The normalized spacial score (nSPS) is 20.3. The molecule has 5 aliphatic rings. The number of benzene rings is 2. The van der Waals surface area contributed by atoms with Crippen LogP contribution in [0.1, 0.15) is 58.4 Å². The average Bonchev–Trinajstić information content (AvgIpc) is 3.77. The predicted molar refractivity (Wildman–Crippen MR) is 207 cm³/mol. The minimum Gasteiger partial charge on any atom is -0.467 e. The molecule has 4 aromatic rings. The molecule has 18 heteroatoms. The van der Waals surface area contributed by atoms with Gasteiger partial charge in [-0.2, -0.15) is 9.97 Å². The van der Waals surface area contributed by atoms with E-state index in [1.54, 1.807) is 24.8 Å². The van der Waals surface area contributed by atoms with Crippen molar-refractivity contribution in [2.75, 3.05) is 44.5 Å². The van der Waals surface area contributed by atoms with Crippen LogP contribution in [0.25, 0.3) is 32.9 Å². The van der Waals surface area contributed by atoms with Gasteiger partial charge in [-0.05, 0) is 68.8 Å². The monoisotopic (exact) mass is 820 g/mol. The molecule has 306 valence electrons. The van der Waals surface area contributed by atoms with Gasteiger partial charge in [0.25, 0.3) is 0 Å². The molecule has 0 radical (unpaired) electrons. The van der Waals surface area contributed by atoms with Gasteiger partial charge in [0, 0.05) is 37.2 Å². The number of amides is 1. The average molecular weight is 821 g/mol. The highest BCUT2D eigenvalue weighted by atomic mass is 31.2. The first-order chi connectivity index (χ1) is 27.9. The van der Waals surface area contributed by atoms with Crippen molar-refractivity contribution in [3.8, 4) is 35.4 Å². The zero-order chi connectivity index (χ0) is 40.9. The fraction of sp³-hybridized carbons (Fsp3) is 0.475. The lowest BCUT2D eigenvalue weighted by Crippen LogP contribution is -2.70. The third-order valence-electron chi connectivity index (χ3n) is 11.5. The second-order valence-corrected chi connectivity index (χ2v) is 16.2. The summed E-state index contributed by atoms with van der Waals surface area (Å²) in [6.07, 6.45) is 10.3. The largest absolute Gasteiger partial charge is 0.467 e. The number of halogens is 2. The third kappa shape index (κ3) is 7.44. The number of terminal acetylenes is 1. The number of ether oxygens (including phenoxy) is 4. The zero-order valence-corrected chi connectivity index (χ0v) is 33.1. The Morgan fingerprint density at radius 2 is 1.79 bits per heavy atom. The maximum atomic E-state index is 17.3. The maximum absolute atomic E-state index is 17.3. The molecule has 5 saturated heterocycles. The Labute approximate surface area is 334 Å². The van der Waals surface area contributed by atoms with Gasteiger partial charge in [-0.25, -0.2) is 13.6 Å². The quantitative estimate of drug-likeness (QED) is 0.0782. The Bertz CT molecular complexity index is 2290. The lowest BCUT2D eigenvalue weighted by atomic mass is 9.88. The number of fused-ring (bicyclic) bond motifs is 5. The number of nitrogens with zero attached hydrogens (tertiary/aromatic N) is 6. The first-order valence-corrected chi connectivity index (χ1v) is 20.4.